The number of rotatable bonds is 6. The molecule has 0 saturated carbocycles. The summed E-state index contributed by atoms with van der Waals surface area (Å²) in [4.78, 5) is 3.78. The molecule has 0 spiro atoms. The summed E-state index contributed by atoms with van der Waals surface area (Å²) in [5.74, 6) is 0.701. The fourth-order valence-corrected chi connectivity index (χ4v) is 2.81. The first-order valence-corrected chi connectivity index (χ1v) is 7.87. The van der Waals surface area contributed by atoms with Crippen molar-refractivity contribution in [3.8, 4) is 5.75 Å². The van der Waals surface area contributed by atoms with E-state index in [-0.39, 0.29) is 23.9 Å². The Morgan fingerprint density at radius 3 is 2.81 bits per heavy atom. The van der Waals surface area contributed by atoms with Crippen LogP contribution in [0.5, 0.6) is 5.75 Å². The second-order valence-electron chi connectivity index (χ2n) is 4.46. The summed E-state index contributed by atoms with van der Waals surface area (Å²) in [5, 5.41) is -0.166. The second-order valence-corrected chi connectivity index (χ2v) is 6.14. The van der Waals surface area contributed by atoms with Crippen LogP contribution in [0.3, 0.4) is 0 Å². The number of hydrogen-bond donors (Lipinski definition) is 2. The molecule has 0 amide bonds. The van der Waals surface area contributed by atoms with Crippen LogP contribution in [-0.4, -0.2) is 26.6 Å². The van der Waals surface area contributed by atoms with Gasteiger partial charge in [-0.1, -0.05) is 12.1 Å². The molecular weight excluding hydrogens is 290 g/mol. The van der Waals surface area contributed by atoms with Gasteiger partial charge in [0.15, 0.2) is 5.03 Å². The lowest BCUT2D eigenvalue weighted by Gasteiger charge is -2.09. The first-order valence-electron chi connectivity index (χ1n) is 6.39. The molecular formula is C14H17N3O3S. The molecule has 6 nitrogen and oxygen atoms in total. The van der Waals surface area contributed by atoms with Gasteiger partial charge in [0.1, 0.15) is 12.4 Å². The standard InChI is InChI=1S/C14H17N3O3S/c1-11-4-2-5-12(10-11)20-9-8-17-21(18,19)14-13(15)6-3-7-16-14/h2-7,10,17H,8-9,15H2,1H3. The molecule has 0 aliphatic carbocycles. The number of benzene rings is 1. The molecule has 0 aliphatic rings. The number of pyridine rings is 1. The average Bonchev–Trinajstić information content (AvgIpc) is 2.44. The minimum absolute atomic E-state index is 0.115. The Morgan fingerprint density at radius 1 is 1.29 bits per heavy atom. The van der Waals surface area contributed by atoms with E-state index in [9.17, 15) is 8.42 Å². The van der Waals surface area contributed by atoms with E-state index in [2.05, 4.69) is 9.71 Å². The van der Waals surface area contributed by atoms with Gasteiger partial charge in [-0.25, -0.2) is 18.1 Å². The largest absolute Gasteiger partial charge is 0.492 e. The van der Waals surface area contributed by atoms with Crippen LogP contribution in [0.4, 0.5) is 5.69 Å². The Balaban J connectivity index is 1.90. The monoisotopic (exact) mass is 307 g/mol. The molecule has 21 heavy (non-hydrogen) atoms. The van der Waals surface area contributed by atoms with Gasteiger partial charge in [0.25, 0.3) is 10.0 Å². The topological polar surface area (TPSA) is 94.3 Å². The van der Waals surface area contributed by atoms with Crippen molar-refractivity contribution in [1.29, 1.82) is 0 Å². The van der Waals surface area contributed by atoms with Gasteiger partial charge < -0.3 is 10.5 Å². The van der Waals surface area contributed by atoms with Crippen LogP contribution in [0.2, 0.25) is 0 Å². The van der Waals surface area contributed by atoms with E-state index < -0.39 is 10.0 Å². The molecule has 3 N–H and O–H groups in total. The summed E-state index contributed by atoms with van der Waals surface area (Å²) in [6.45, 7) is 2.31. The zero-order valence-corrected chi connectivity index (χ0v) is 12.4. The van der Waals surface area contributed by atoms with E-state index in [1.807, 2.05) is 31.2 Å². The molecule has 0 fully saturated rings. The summed E-state index contributed by atoms with van der Waals surface area (Å²) in [6.07, 6.45) is 1.38. The highest BCUT2D eigenvalue weighted by Crippen LogP contribution is 2.14. The summed E-state index contributed by atoms with van der Waals surface area (Å²) in [5.41, 5.74) is 6.80. The summed E-state index contributed by atoms with van der Waals surface area (Å²) in [6, 6.07) is 10.6. The zero-order chi connectivity index (χ0) is 15.3. The third-order valence-electron chi connectivity index (χ3n) is 2.71. The molecule has 0 aliphatic heterocycles. The molecule has 7 heteroatoms. The van der Waals surface area contributed by atoms with Crippen LogP contribution >= 0.6 is 0 Å². The van der Waals surface area contributed by atoms with E-state index in [0.717, 1.165) is 5.56 Å². The van der Waals surface area contributed by atoms with Gasteiger partial charge >= 0.3 is 0 Å². The average molecular weight is 307 g/mol. The molecule has 0 unspecified atom stereocenters. The van der Waals surface area contributed by atoms with Crippen molar-refractivity contribution in [2.45, 2.75) is 11.9 Å². The normalized spacial score (nSPS) is 11.3. The van der Waals surface area contributed by atoms with Gasteiger partial charge in [0.05, 0.1) is 5.69 Å². The lowest BCUT2D eigenvalue weighted by molar-refractivity contribution is 0.322. The van der Waals surface area contributed by atoms with Crippen molar-refractivity contribution in [3.63, 3.8) is 0 Å². The summed E-state index contributed by atoms with van der Waals surface area (Å²) >= 11 is 0. The number of anilines is 1. The first kappa shape index (κ1) is 15.3. The van der Waals surface area contributed by atoms with Gasteiger partial charge in [-0.2, -0.15) is 0 Å². The van der Waals surface area contributed by atoms with Gasteiger partial charge in [-0.05, 0) is 36.8 Å². The van der Waals surface area contributed by atoms with Crippen LogP contribution in [0.1, 0.15) is 5.56 Å². The molecule has 112 valence electrons. The Hall–Kier alpha value is -2.12. The predicted molar refractivity (Wildman–Crippen MR) is 80.5 cm³/mol. The van der Waals surface area contributed by atoms with Gasteiger partial charge in [-0.15, -0.1) is 0 Å². The number of aromatic nitrogens is 1. The Morgan fingerprint density at radius 2 is 2.10 bits per heavy atom. The Bertz CT molecular complexity index is 717. The lowest BCUT2D eigenvalue weighted by atomic mass is 10.2. The number of nitrogens with two attached hydrogens (primary N) is 1. The summed E-state index contributed by atoms with van der Waals surface area (Å²) in [7, 11) is -3.72. The van der Waals surface area contributed by atoms with E-state index >= 15 is 0 Å². The number of nitrogen functional groups attached to an aromatic ring is 1. The highest BCUT2D eigenvalue weighted by Gasteiger charge is 2.17. The number of aryl methyl sites for hydroxylation is 1. The number of sulfonamides is 1. The van der Waals surface area contributed by atoms with Crippen molar-refractivity contribution < 1.29 is 13.2 Å². The molecule has 1 aromatic heterocycles. The quantitative estimate of drug-likeness (QED) is 0.785. The molecule has 0 bridgehead atoms. The lowest BCUT2D eigenvalue weighted by Crippen LogP contribution is -2.29. The van der Waals surface area contributed by atoms with E-state index in [1.54, 1.807) is 6.07 Å². The zero-order valence-electron chi connectivity index (χ0n) is 11.6. The second kappa shape index (κ2) is 6.55. The van der Waals surface area contributed by atoms with Crippen molar-refractivity contribution >= 4 is 15.7 Å². The van der Waals surface area contributed by atoms with Crippen LogP contribution in [0.25, 0.3) is 0 Å². The predicted octanol–water partition coefficient (Wildman–Crippen LogP) is 1.33. The molecule has 0 radical (unpaired) electrons. The fourth-order valence-electron chi connectivity index (χ4n) is 1.75. The van der Waals surface area contributed by atoms with Crippen LogP contribution in [0, 0.1) is 6.92 Å². The third-order valence-corrected chi connectivity index (χ3v) is 4.14. The first-order chi connectivity index (χ1) is 9.99. The third kappa shape index (κ3) is 4.17. The van der Waals surface area contributed by atoms with Gasteiger partial charge in [-0.3, -0.25) is 0 Å². The van der Waals surface area contributed by atoms with Crippen molar-refractivity contribution in [2.75, 3.05) is 18.9 Å². The highest BCUT2D eigenvalue weighted by molar-refractivity contribution is 7.89. The van der Waals surface area contributed by atoms with E-state index in [4.69, 9.17) is 10.5 Å². The Kier molecular flexibility index (Phi) is 4.77. The van der Waals surface area contributed by atoms with Crippen LogP contribution < -0.4 is 15.2 Å². The number of hydrogen-bond acceptors (Lipinski definition) is 5. The van der Waals surface area contributed by atoms with E-state index in [1.165, 1.54) is 12.3 Å². The molecule has 0 atom stereocenters. The maximum Gasteiger partial charge on any atom is 0.260 e. The maximum absolute atomic E-state index is 12.0. The minimum atomic E-state index is -3.72. The Labute approximate surface area is 124 Å². The van der Waals surface area contributed by atoms with Crippen LogP contribution in [0.15, 0.2) is 47.6 Å². The maximum atomic E-state index is 12.0. The van der Waals surface area contributed by atoms with Crippen molar-refractivity contribution in [1.82, 2.24) is 9.71 Å². The van der Waals surface area contributed by atoms with Crippen molar-refractivity contribution in [3.05, 3.63) is 48.2 Å². The number of nitrogens with zero attached hydrogens (tertiary/aromatic N) is 1. The number of ether oxygens (including phenoxy) is 1. The molecule has 0 saturated heterocycles. The van der Waals surface area contributed by atoms with Crippen molar-refractivity contribution in [2.24, 2.45) is 0 Å². The fraction of sp³-hybridized carbons (Fsp3) is 0.214. The number of nitrogens with one attached hydrogen (secondary N) is 1. The van der Waals surface area contributed by atoms with Crippen LogP contribution in [-0.2, 0) is 10.0 Å². The molecule has 2 rings (SSSR count). The highest BCUT2D eigenvalue weighted by atomic mass is 32.2. The van der Waals surface area contributed by atoms with Gasteiger partial charge in [0.2, 0.25) is 0 Å². The smallest absolute Gasteiger partial charge is 0.260 e. The molecule has 2 aromatic rings. The molecule has 1 aromatic carbocycles. The van der Waals surface area contributed by atoms with E-state index in [0.29, 0.717) is 5.75 Å². The SMILES string of the molecule is Cc1cccc(OCCNS(=O)(=O)c2ncccc2N)c1. The van der Waals surface area contributed by atoms with Gasteiger partial charge in [0, 0.05) is 12.7 Å². The molecule has 1 heterocycles. The minimum Gasteiger partial charge on any atom is -0.492 e. The summed E-state index contributed by atoms with van der Waals surface area (Å²) < 4.78 is 31.9.